The average Bonchev–Trinajstić information content (AvgIpc) is 3.25. The van der Waals surface area contributed by atoms with Crippen molar-refractivity contribution in [3.05, 3.63) is 42.4 Å². The van der Waals surface area contributed by atoms with Crippen molar-refractivity contribution in [2.24, 2.45) is 0 Å². The molecule has 3 aromatic rings. The van der Waals surface area contributed by atoms with Crippen molar-refractivity contribution >= 4 is 16.9 Å². The number of aromatic nitrogens is 4. The Morgan fingerprint density at radius 3 is 3.08 bits per heavy atom. The van der Waals surface area contributed by atoms with Crippen LogP contribution in [0.15, 0.2) is 41.2 Å². The number of β-amino-alcohol motifs (C(OH)–C–C–N with tert-alkyl or cyclic N) is 1. The lowest BCUT2D eigenvalue weighted by atomic mass is 9.92. The summed E-state index contributed by atoms with van der Waals surface area (Å²) in [6.07, 6.45) is 4.82. The van der Waals surface area contributed by atoms with Crippen LogP contribution < -0.4 is 0 Å². The van der Waals surface area contributed by atoms with Gasteiger partial charge < -0.3 is 14.5 Å². The number of piperidine rings is 1. The molecular weight excluding hydrogens is 322 g/mol. The molecule has 1 fully saturated rings. The summed E-state index contributed by atoms with van der Waals surface area (Å²) in [4.78, 5) is 14.4. The summed E-state index contributed by atoms with van der Waals surface area (Å²) in [5, 5.41) is 23.4. The summed E-state index contributed by atoms with van der Waals surface area (Å²) >= 11 is 0. The summed E-state index contributed by atoms with van der Waals surface area (Å²) in [5.41, 5.74) is 0.311. The van der Waals surface area contributed by atoms with E-state index in [9.17, 15) is 9.90 Å². The molecule has 0 spiro atoms. The number of carbonyl (C=O) groups is 1. The topological polar surface area (TPSA) is 97.3 Å². The first-order chi connectivity index (χ1) is 12.1. The number of nitrogens with zero attached hydrogens (tertiary/aromatic N) is 5. The molecule has 0 radical (unpaired) electrons. The first-order valence-electron chi connectivity index (χ1n) is 8.31. The summed E-state index contributed by atoms with van der Waals surface area (Å²) in [7, 11) is 0. The highest BCUT2D eigenvalue weighted by Crippen LogP contribution is 2.24. The highest BCUT2D eigenvalue weighted by atomic mass is 16.5. The zero-order valence-electron chi connectivity index (χ0n) is 13.7. The summed E-state index contributed by atoms with van der Waals surface area (Å²) < 4.78 is 6.86. The SMILES string of the molecule is O=C(Cc1noc2ccccc12)N1CCCC(O)(Cn2ccnn2)C1. The molecule has 8 heteroatoms. The minimum absolute atomic E-state index is 0.0595. The third-order valence-electron chi connectivity index (χ3n) is 4.61. The second kappa shape index (κ2) is 6.29. The molecule has 1 saturated heterocycles. The second-order valence-corrected chi connectivity index (χ2v) is 6.55. The van der Waals surface area contributed by atoms with Crippen LogP contribution in [0.3, 0.4) is 0 Å². The molecule has 130 valence electrons. The van der Waals surface area contributed by atoms with Crippen molar-refractivity contribution in [1.82, 2.24) is 25.1 Å². The number of para-hydroxylation sites is 1. The van der Waals surface area contributed by atoms with E-state index in [2.05, 4.69) is 15.5 Å². The third-order valence-corrected chi connectivity index (χ3v) is 4.61. The molecular formula is C17H19N5O3. The van der Waals surface area contributed by atoms with Gasteiger partial charge in [-0.3, -0.25) is 4.79 Å². The highest BCUT2D eigenvalue weighted by Gasteiger charge is 2.36. The number of rotatable bonds is 4. The van der Waals surface area contributed by atoms with E-state index in [0.29, 0.717) is 30.8 Å². The Kier molecular flexibility index (Phi) is 3.96. The Labute approximate surface area is 144 Å². The van der Waals surface area contributed by atoms with E-state index in [4.69, 9.17) is 4.52 Å². The molecule has 3 heterocycles. The van der Waals surface area contributed by atoms with Crippen LogP contribution in [0, 0.1) is 0 Å². The maximum Gasteiger partial charge on any atom is 0.228 e. The fourth-order valence-corrected chi connectivity index (χ4v) is 3.39. The van der Waals surface area contributed by atoms with Crippen LogP contribution >= 0.6 is 0 Å². The number of hydrogen-bond acceptors (Lipinski definition) is 6. The molecule has 1 aromatic carbocycles. The molecule has 1 unspecified atom stereocenters. The van der Waals surface area contributed by atoms with Crippen LogP contribution in [0.2, 0.25) is 0 Å². The predicted molar refractivity (Wildman–Crippen MR) is 88.5 cm³/mol. The van der Waals surface area contributed by atoms with Crippen LogP contribution in [0.1, 0.15) is 18.5 Å². The third kappa shape index (κ3) is 3.25. The molecule has 2 aromatic heterocycles. The Morgan fingerprint density at radius 2 is 2.24 bits per heavy atom. The molecule has 1 aliphatic rings. The van der Waals surface area contributed by atoms with Gasteiger partial charge in [0.1, 0.15) is 11.3 Å². The van der Waals surface area contributed by atoms with Gasteiger partial charge in [0.15, 0.2) is 5.58 Å². The maximum atomic E-state index is 12.7. The van der Waals surface area contributed by atoms with Crippen molar-refractivity contribution in [2.75, 3.05) is 13.1 Å². The molecule has 0 saturated carbocycles. The van der Waals surface area contributed by atoms with Crippen molar-refractivity contribution in [3.63, 3.8) is 0 Å². The van der Waals surface area contributed by atoms with E-state index in [0.717, 1.165) is 11.8 Å². The molecule has 1 atom stereocenters. The number of amides is 1. The van der Waals surface area contributed by atoms with Gasteiger partial charge in [0.05, 0.1) is 25.7 Å². The molecule has 1 amide bonds. The fourth-order valence-electron chi connectivity index (χ4n) is 3.39. The zero-order chi connectivity index (χ0) is 17.3. The molecule has 25 heavy (non-hydrogen) atoms. The van der Waals surface area contributed by atoms with Gasteiger partial charge in [-0.05, 0) is 25.0 Å². The van der Waals surface area contributed by atoms with Crippen molar-refractivity contribution in [3.8, 4) is 0 Å². The van der Waals surface area contributed by atoms with Crippen molar-refractivity contribution in [2.45, 2.75) is 31.4 Å². The smallest absolute Gasteiger partial charge is 0.228 e. The minimum atomic E-state index is -0.993. The van der Waals surface area contributed by atoms with Gasteiger partial charge in [0.25, 0.3) is 0 Å². The van der Waals surface area contributed by atoms with E-state index >= 15 is 0 Å². The van der Waals surface area contributed by atoms with Crippen LogP contribution in [0.5, 0.6) is 0 Å². The molecule has 0 bridgehead atoms. The maximum absolute atomic E-state index is 12.7. The highest BCUT2D eigenvalue weighted by molar-refractivity contribution is 5.86. The quantitative estimate of drug-likeness (QED) is 0.761. The molecule has 4 rings (SSSR count). The molecule has 1 N–H and O–H groups in total. The van der Waals surface area contributed by atoms with Crippen LogP contribution in [-0.2, 0) is 17.8 Å². The van der Waals surface area contributed by atoms with Gasteiger partial charge in [-0.25, -0.2) is 4.68 Å². The fraction of sp³-hybridized carbons (Fsp3) is 0.412. The number of benzene rings is 1. The molecule has 1 aliphatic heterocycles. The monoisotopic (exact) mass is 341 g/mol. The van der Waals surface area contributed by atoms with Crippen LogP contribution in [0.25, 0.3) is 11.0 Å². The number of likely N-dealkylation sites (tertiary alicyclic amines) is 1. The first-order valence-corrected chi connectivity index (χ1v) is 8.31. The standard InChI is InChI=1S/C17H19N5O3/c23-16(10-14-13-4-1-2-5-15(13)25-19-14)21-8-3-6-17(24,11-21)12-22-9-7-18-20-22/h1-2,4-5,7,9,24H,3,6,8,10-12H2. The van der Waals surface area contributed by atoms with Gasteiger partial charge in [0, 0.05) is 18.1 Å². The van der Waals surface area contributed by atoms with Gasteiger partial charge in [-0.1, -0.05) is 22.5 Å². The Morgan fingerprint density at radius 1 is 1.36 bits per heavy atom. The van der Waals surface area contributed by atoms with E-state index in [1.165, 1.54) is 0 Å². The number of hydrogen-bond donors (Lipinski definition) is 1. The van der Waals surface area contributed by atoms with Gasteiger partial charge >= 0.3 is 0 Å². The zero-order valence-corrected chi connectivity index (χ0v) is 13.7. The lowest BCUT2D eigenvalue weighted by Crippen LogP contribution is -2.52. The summed E-state index contributed by atoms with van der Waals surface area (Å²) in [5.74, 6) is -0.0595. The number of aliphatic hydroxyl groups is 1. The van der Waals surface area contributed by atoms with E-state index < -0.39 is 5.60 Å². The number of carbonyl (C=O) groups excluding carboxylic acids is 1. The Balaban J connectivity index is 1.46. The van der Waals surface area contributed by atoms with E-state index in [-0.39, 0.29) is 18.9 Å². The van der Waals surface area contributed by atoms with Crippen LogP contribution in [-0.4, -0.2) is 54.8 Å². The summed E-state index contributed by atoms with van der Waals surface area (Å²) in [6.45, 7) is 1.24. The number of fused-ring (bicyclic) bond motifs is 1. The van der Waals surface area contributed by atoms with E-state index in [1.807, 2.05) is 24.3 Å². The normalized spacial score (nSPS) is 20.9. The first kappa shape index (κ1) is 15.8. The molecule has 8 nitrogen and oxygen atoms in total. The largest absolute Gasteiger partial charge is 0.386 e. The second-order valence-electron chi connectivity index (χ2n) is 6.55. The summed E-state index contributed by atoms with van der Waals surface area (Å²) in [6, 6.07) is 7.49. The lowest BCUT2D eigenvalue weighted by Gasteiger charge is -2.39. The van der Waals surface area contributed by atoms with Crippen LogP contribution in [0.4, 0.5) is 0 Å². The van der Waals surface area contributed by atoms with E-state index in [1.54, 1.807) is 22.0 Å². The predicted octanol–water partition coefficient (Wildman–Crippen LogP) is 1.02. The minimum Gasteiger partial charge on any atom is -0.386 e. The lowest BCUT2D eigenvalue weighted by molar-refractivity contribution is -0.138. The average molecular weight is 341 g/mol. The Hall–Kier alpha value is -2.74. The van der Waals surface area contributed by atoms with Gasteiger partial charge in [-0.15, -0.1) is 5.10 Å². The van der Waals surface area contributed by atoms with Gasteiger partial charge in [0.2, 0.25) is 5.91 Å². The van der Waals surface area contributed by atoms with Crippen molar-refractivity contribution in [1.29, 1.82) is 0 Å². The molecule has 0 aliphatic carbocycles. The Bertz CT molecular complexity index is 875. The van der Waals surface area contributed by atoms with Crippen molar-refractivity contribution < 1.29 is 14.4 Å². The van der Waals surface area contributed by atoms with Gasteiger partial charge in [-0.2, -0.15) is 0 Å².